The lowest BCUT2D eigenvalue weighted by atomic mass is 9.93. The molecule has 2 aliphatic rings. The third-order valence-electron chi connectivity index (χ3n) is 5.23. The van der Waals surface area contributed by atoms with Crippen molar-refractivity contribution < 1.29 is 9.59 Å². The fourth-order valence-corrected chi connectivity index (χ4v) is 4.15. The molecule has 0 spiro atoms. The van der Waals surface area contributed by atoms with Gasteiger partial charge in [-0.3, -0.25) is 14.6 Å². The van der Waals surface area contributed by atoms with Crippen molar-refractivity contribution in [3.8, 4) is 0 Å². The summed E-state index contributed by atoms with van der Waals surface area (Å²) in [6.45, 7) is 0. The zero-order valence-corrected chi connectivity index (χ0v) is 16.0. The molecule has 3 aromatic carbocycles. The third-order valence-corrected chi connectivity index (χ3v) is 5.55. The van der Waals surface area contributed by atoms with E-state index in [9.17, 15) is 9.59 Å². The second kappa shape index (κ2) is 6.87. The number of amides is 2. The van der Waals surface area contributed by atoms with Crippen molar-refractivity contribution in [2.24, 2.45) is 11.0 Å². The molecule has 29 heavy (non-hydrogen) atoms. The molecule has 6 heteroatoms. The highest BCUT2D eigenvalue weighted by Gasteiger charge is 2.57. The maximum absolute atomic E-state index is 13.4. The van der Waals surface area contributed by atoms with E-state index in [-0.39, 0.29) is 11.8 Å². The van der Waals surface area contributed by atoms with Crippen LogP contribution in [0.3, 0.4) is 0 Å². The Kier molecular flexibility index (Phi) is 4.18. The van der Waals surface area contributed by atoms with Crippen LogP contribution >= 0.6 is 11.6 Å². The summed E-state index contributed by atoms with van der Waals surface area (Å²) in [5, 5.41) is 6.73. The van der Waals surface area contributed by atoms with Crippen molar-refractivity contribution in [3.63, 3.8) is 0 Å². The second-order valence-corrected chi connectivity index (χ2v) is 7.32. The lowest BCUT2D eigenvalue weighted by molar-refractivity contribution is -0.121. The van der Waals surface area contributed by atoms with Gasteiger partial charge in [0, 0.05) is 0 Å². The molecular formula is C23H16ClN3O2. The lowest BCUT2D eigenvalue weighted by Gasteiger charge is -2.22. The summed E-state index contributed by atoms with van der Waals surface area (Å²) < 4.78 is 0. The molecule has 0 radical (unpaired) electrons. The number of hydrogen-bond acceptors (Lipinski definition) is 4. The number of benzene rings is 3. The van der Waals surface area contributed by atoms with E-state index in [4.69, 9.17) is 16.7 Å². The molecule has 0 saturated carbocycles. The molecule has 5 nitrogen and oxygen atoms in total. The zero-order valence-electron chi connectivity index (χ0n) is 15.3. The summed E-state index contributed by atoms with van der Waals surface area (Å²) in [6.07, 6.45) is 0. The largest absolute Gasteiger partial charge is 0.273 e. The number of rotatable bonds is 3. The summed E-state index contributed by atoms with van der Waals surface area (Å²) in [7, 11) is 0. The molecule has 3 aromatic rings. The molecule has 2 aliphatic heterocycles. The lowest BCUT2D eigenvalue weighted by Crippen LogP contribution is -2.39. The molecule has 0 unspecified atom stereocenters. The number of nitrogens with zero attached hydrogens (tertiary/aromatic N) is 3. The van der Waals surface area contributed by atoms with Gasteiger partial charge in [-0.2, -0.15) is 5.10 Å². The van der Waals surface area contributed by atoms with Gasteiger partial charge in [0.1, 0.15) is 12.0 Å². The van der Waals surface area contributed by atoms with E-state index < -0.39 is 12.0 Å². The van der Waals surface area contributed by atoms with Crippen LogP contribution in [0.2, 0.25) is 5.02 Å². The van der Waals surface area contributed by atoms with Crippen molar-refractivity contribution in [3.05, 3.63) is 95.5 Å². The van der Waals surface area contributed by atoms with Crippen LogP contribution in [0.15, 0.2) is 90.0 Å². The van der Waals surface area contributed by atoms with Gasteiger partial charge >= 0.3 is 0 Å². The molecule has 1 fully saturated rings. The Morgan fingerprint density at radius 1 is 0.759 bits per heavy atom. The topological polar surface area (TPSA) is 53.0 Å². The number of anilines is 2. The van der Waals surface area contributed by atoms with Crippen molar-refractivity contribution in [1.29, 1.82) is 0 Å². The molecule has 2 heterocycles. The molecule has 1 saturated heterocycles. The van der Waals surface area contributed by atoms with E-state index >= 15 is 0 Å². The SMILES string of the molecule is O=C1[C@H]2C(c3ccccc3)=NN(c3ccccc3)[C@H]2C(=O)N1c1ccccc1Cl. The van der Waals surface area contributed by atoms with Gasteiger partial charge in [0.15, 0.2) is 0 Å². The van der Waals surface area contributed by atoms with Crippen LogP contribution < -0.4 is 9.91 Å². The van der Waals surface area contributed by atoms with E-state index in [0.717, 1.165) is 11.3 Å². The minimum absolute atomic E-state index is 0.311. The number of carbonyl (C=O) groups is 2. The van der Waals surface area contributed by atoms with Crippen LogP contribution in [-0.2, 0) is 9.59 Å². The van der Waals surface area contributed by atoms with Crippen LogP contribution in [0.1, 0.15) is 5.56 Å². The van der Waals surface area contributed by atoms with Crippen molar-refractivity contribution >= 4 is 40.5 Å². The molecule has 142 valence electrons. The highest BCUT2D eigenvalue weighted by Crippen LogP contribution is 2.40. The number of halogens is 1. The number of hydrogen-bond donors (Lipinski definition) is 0. The Bertz CT molecular complexity index is 1130. The van der Waals surface area contributed by atoms with Gasteiger partial charge in [-0.1, -0.05) is 72.3 Å². The van der Waals surface area contributed by atoms with E-state index in [1.54, 1.807) is 29.3 Å². The van der Waals surface area contributed by atoms with Crippen LogP contribution in [-0.4, -0.2) is 23.6 Å². The number of fused-ring (bicyclic) bond motifs is 1. The highest BCUT2D eigenvalue weighted by atomic mass is 35.5. The number of carbonyl (C=O) groups excluding carboxylic acids is 2. The predicted molar refractivity (Wildman–Crippen MR) is 113 cm³/mol. The van der Waals surface area contributed by atoms with Crippen molar-refractivity contribution in [1.82, 2.24) is 0 Å². The summed E-state index contributed by atoms with van der Waals surface area (Å²) in [5.41, 5.74) is 2.57. The van der Waals surface area contributed by atoms with Gasteiger partial charge < -0.3 is 0 Å². The summed E-state index contributed by atoms with van der Waals surface area (Å²) in [5.74, 6) is -1.33. The number of hydrazone groups is 1. The van der Waals surface area contributed by atoms with Gasteiger partial charge in [0.2, 0.25) is 5.91 Å². The van der Waals surface area contributed by atoms with Crippen LogP contribution in [0.25, 0.3) is 0 Å². The molecule has 2 atom stereocenters. The van der Waals surface area contributed by atoms with Crippen LogP contribution in [0.4, 0.5) is 11.4 Å². The molecular weight excluding hydrogens is 386 g/mol. The third kappa shape index (κ3) is 2.74. The first kappa shape index (κ1) is 17.6. The molecule has 0 aromatic heterocycles. The Morgan fingerprint density at radius 3 is 2.07 bits per heavy atom. The molecule has 0 N–H and O–H groups in total. The highest BCUT2D eigenvalue weighted by molar-refractivity contribution is 6.39. The normalized spacial score (nSPS) is 20.8. The fourth-order valence-electron chi connectivity index (χ4n) is 3.93. The fraction of sp³-hybridized carbons (Fsp3) is 0.0870. The molecule has 5 rings (SSSR count). The van der Waals surface area contributed by atoms with Gasteiger partial charge in [0.25, 0.3) is 5.91 Å². The Labute approximate surface area is 172 Å². The van der Waals surface area contributed by atoms with E-state index in [1.807, 2.05) is 60.7 Å². The van der Waals surface area contributed by atoms with Crippen molar-refractivity contribution in [2.45, 2.75) is 6.04 Å². The van der Waals surface area contributed by atoms with Crippen LogP contribution in [0, 0.1) is 5.92 Å². The summed E-state index contributed by atoms with van der Waals surface area (Å²) >= 11 is 6.31. The molecule has 0 aliphatic carbocycles. The monoisotopic (exact) mass is 401 g/mol. The molecule has 0 bridgehead atoms. The van der Waals surface area contributed by atoms with E-state index in [1.165, 1.54) is 4.90 Å². The first-order valence-electron chi connectivity index (χ1n) is 9.27. The Hall–Kier alpha value is -3.44. The smallest absolute Gasteiger partial charge is 0.259 e. The standard InChI is InChI=1S/C23H16ClN3O2/c24-17-13-7-8-14-18(17)26-22(28)19-20(15-9-3-1-4-10-15)25-27(21(19)23(26)29)16-11-5-2-6-12-16/h1-14,19,21H/t19-,21+/m0/s1. The molecule has 2 amide bonds. The van der Waals surface area contributed by atoms with E-state index in [2.05, 4.69) is 0 Å². The van der Waals surface area contributed by atoms with Crippen LogP contribution in [0.5, 0.6) is 0 Å². The quantitative estimate of drug-likeness (QED) is 0.620. The van der Waals surface area contributed by atoms with Gasteiger partial charge in [-0.15, -0.1) is 0 Å². The predicted octanol–water partition coefficient (Wildman–Crippen LogP) is 4.12. The summed E-state index contributed by atoms with van der Waals surface area (Å²) in [6, 6.07) is 25.1. The van der Waals surface area contributed by atoms with Gasteiger partial charge in [-0.25, -0.2) is 4.90 Å². The second-order valence-electron chi connectivity index (χ2n) is 6.92. The minimum Gasteiger partial charge on any atom is -0.273 e. The van der Waals surface area contributed by atoms with Crippen molar-refractivity contribution in [2.75, 3.05) is 9.91 Å². The number of imide groups is 1. The average molecular weight is 402 g/mol. The first-order valence-corrected chi connectivity index (χ1v) is 9.65. The van der Waals surface area contributed by atoms with Gasteiger partial charge in [0.05, 0.1) is 22.1 Å². The summed E-state index contributed by atoms with van der Waals surface area (Å²) in [4.78, 5) is 28.1. The average Bonchev–Trinajstić information content (AvgIpc) is 3.27. The van der Waals surface area contributed by atoms with Gasteiger partial charge in [-0.05, 0) is 29.8 Å². The Morgan fingerprint density at radius 2 is 1.38 bits per heavy atom. The first-order chi connectivity index (χ1) is 14.2. The Balaban J connectivity index is 1.65. The minimum atomic E-state index is -0.739. The zero-order chi connectivity index (χ0) is 20.0. The number of para-hydroxylation sites is 2. The maximum atomic E-state index is 13.4. The maximum Gasteiger partial charge on any atom is 0.259 e. The van der Waals surface area contributed by atoms with E-state index in [0.29, 0.717) is 16.4 Å².